The Labute approximate surface area is 274 Å². The molecule has 2 fully saturated rings. The van der Waals surface area contributed by atoms with Gasteiger partial charge in [-0.2, -0.15) is 0 Å². The average Bonchev–Trinajstić information content (AvgIpc) is 2.97. The highest BCUT2D eigenvalue weighted by Crippen LogP contribution is 2.56. The number of rotatable bonds is 4. The molecule has 1 saturated carbocycles. The summed E-state index contributed by atoms with van der Waals surface area (Å²) < 4.78 is 24.7. The lowest BCUT2D eigenvalue weighted by molar-refractivity contribution is -0.153. The third-order valence-electron chi connectivity index (χ3n) is 9.96. The minimum Gasteiger partial charge on any atom is -0.458 e. The van der Waals surface area contributed by atoms with E-state index in [1.54, 1.807) is 6.07 Å². The second-order valence-electron chi connectivity index (χ2n) is 15.3. The van der Waals surface area contributed by atoms with E-state index in [9.17, 15) is 14.0 Å². The first-order valence-electron chi connectivity index (χ1n) is 16.7. The van der Waals surface area contributed by atoms with Gasteiger partial charge < -0.3 is 9.47 Å². The number of ether oxygens (including phenoxy) is 2. The molecule has 4 nitrogen and oxygen atoms in total. The lowest BCUT2D eigenvalue weighted by atomic mass is 9.54. The van der Waals surface area contributed by atoms with Gasteiger partial charge in [-0.25, -0.2) is 4.39 Å². The number of carbonyl (C=O) groups is 2. The number of aryl methyl sites for hydroxylation is 2. The molecule has 3 aromatic carbocycles. The van der Waals surface area contributed by atoms with Gasteiger partial charge in [0.15, 0.2) is 0 Å². The molecule has 2 aliphatic heterocycles. The Bertz CT molecular complexity index is 1590. The zero-order chi connectivity index (χ0) is 33.2. The van der Waals surface area contributed by atoms with Crippen LogP contribution in [0.2, 0.25) is 0 Å². The van der Waals surface area contributed by atoms with Crippen molar-refractivity contribution in [3.8, 4) is 5.75 Å². The van der Waals surface area contributed by atoms with E-state index in [1.165, 1.54) is 16.7 Å². The lowest BCUT2D eigenvalue weighted by Crippen LogP contribution is -2.40. The van der Waals surface area contributed by atoms with Crippen molar-refractivity contribution in [1.29, 1.82) is 0 Å². The number of cyclic esters (lactones) is 1. The van der Waals surface area contributed by atoms with Gasteiger partial charge in [0, 0.05) is 17.9 Å². The molecule has 1 aliphatic carbocycles. The molecule has 3 aliphatic rings. The fourth-order valence-electron chi connectivity index (χ4n) is 8.16. The summed E-state index contributed by atoms with van der Waals surface area (Å²) in [5.74, 6) is 1.43. The largest absolute Gasteiger partial charge is 0.458 e. The molecule has 0 spiro atoms. The number of carbonyl (C=O) groups excluding carboxylic acids is 2. The first kappa shape index (κ1) is 33.6. The molecular formula is C41H49FO4. The van der Waals surface area contributed by atoms with Crippen LogP contribution in [0.25, 0.3) is 0 Å². The highest BCUT2D eigenvalue weighted by atomic mass is 19.1. The van der Waals surface area contributed by atoms with E-state index in [4.69, 9.17) is 9.47 Å². The van der Waals surface area contributed by atoms with Crippen molar-refractivity contribution in [3.05, 3.63) is 113 Å². The molecule has 5 atom stereocenters. The molecule has 1 saturated heterocycles. The molecule has 0 N–H and O–H groups in total. The summed E-state index contributed by atoms with van der Waals surface area (Å²) in [6.07, 6.45) is 8.30. The van der Waals surface area contributed by atoms with E-state index >= 15 is 0 Å². The van der Waals surface area contributed by atoms with E-state index in [0.29, 0.717) is 41.9 Å². The molecule has 0 radical (unpaired) electrons. The number of hydrogen-bond acceptors (Lipinski definition) is 4. The van der Waals surface area contributed by atoms with Crippen LogP contribution in [0.1, 0.15) is 106 Å². The SMILES string of the molecule is Cc1cc(C2CC(C)(C)CC(C)(C)C2/C=C/[C@@H]2CC(C)CC(=O)O2)ccc1F.Cc1ccc2c(c1)C(c1ccccc1)CC(=O)O2. The Morgan fingerprint density at radius 1 is 0.848 bits per heavy atom. The highest BCUT2D eigenvalue weighted by Gasteiger charge is 2.45. The number of fused-ring (bicyclic) bond motifs is 1. The maximum atomic E-state index is 13.9. The number of halogens is 1. The van der Waals surface area contributed by atoms with Crippen LogP contribution < -0.4 is 4.74 Å². The van der Waals surface area contributed by atoms with Gasteiger partial charge in [0.25, 0.3) is 0 Å². The Morgan fingerprint density at radius 2 is 1.59 bits per heavy atom. The Kier molecular flexibility index (Phi) is 9.91. The number of esters is 2. The molecule has 6 rings (SSSR count). The fraction of sp³-hybridized carbons (Fsp3) is 0.463. The van der Waals surface area contributed by atoms with Crippen LogP contribution in [0, 0.1) is 42.3 Å². The van der Waals surface area contributed by atoms with Crippen molar-refractivity contribution in [3.63, 3.8) is 0 Å². The van der Waals surface area contributed by atoms with Crippen molar-refractivity contribution in [1.82, 2.24) is 0 Å². The Balaban J connectivity index is 0.000000198. The van der Waals surface area contributed by atoms with Crippen LogP contribution in [0.3, 0.4) is 0 Å². The molecule has 0 aromatic heterocycles. The second-order valence-corrected chi connectivity index (χ2v) is 15.3. The summed E-state index contributed by atoms with van der Waals surface area (Å²) in [5.41, 5.74) is 5.72. The molecular weight excluding hydrogens is 575 g/mol. The average molecular weight is 625 g/mol. The summed E-state index contributed by atoms with van der Waals surface area (Å²) in [5, 5.41) is 0. The first-order valence-corrected chi connectivity index (χ1v) is 16.7. The monoisotopic (exact) mass is 624 g/mol. The van der Waals surface area contributed by atoms with Crippen molar-refractivity contribution in [2.24, 2.45) is 22.7 Å². The topological polar surface area (TPSA) is 52.6 Å². The van der Waals surface area contributed by atoms with E-state index in [2.05, 4.69) is 71.9 Å². The number of allylic oxidation sites excluding steroid dienone is 1. The standard InChI is InChI=1S/C25H35FO2.C16H14O2/c1-16-11-19(28-23(27)12-16)8-9-21-20(14-24(3,4)15-25(21,5)6)18-7-10-22(26)17(2)13-18;1-11-7-8-15-14(9-11)13(10-16(17)18-15)12-5-3-2-4-6-12/h7-10,13,16,19-21H,11-12,14-15H2,1-6H3;2-9,13H,10H2,1H3/b9-8+;/t16?,19-,20?,21?;/m1./s1. The van der Waals surface area contributed by atoms with Crippen LogP contribution in [-0.2, 0) is 14.3 Å². The molecule has 0 bridgehead atoms. The minimum absolute atomic E-state index is 0.0943. The van der Waals surface area contributed by atoms with Crippen molar-refractivity contribution in [2.75, 3.05) is 0 Å². The third-order valence-corrected chi connectivity index (χ3v) is 9.96. The van der Waals surface area contributed by atoms with Gasteiger partial charge in [-0.3, -0.25) is 9.59 Å². The lowest BCUT2D eigenvalue weighted by Gasteiger charge is -2.50. The Morgan fingerprint density at radius 3 is 2.28 bits per heavy atom. The quantitative estimate of drug-likeness (QED) is 0.165. The smallest absolute Gasteiger partial charge is 0.312 e. The third kappa shape index (κ3) is 7.97. The van der Waals surface area contributed by atoms with Gasteiger partial charge in [-0.1, -0.05) is 101 Å². The zero-order valence-corrected chi connectivity index (χ0v) is 28.4. The minimum atomic E-state index is -0.153. The number of hydrogen-bond donors (Lipinski definition) is 0. The van der Waals surface area contributed by atoms with Crippen LogP contribution in [-0.4, -0.2) is 18.0 Å². The van der Waals surface area contributed by atoms with Crippen LogP contribution >= 0.6 is 0 Å². The first-order chi connectivity index (χ1) is 21.7. The molecule has 244 valence electrons. The molecule has 3 aromatic rings. The molecule has 4 unspecified atom stereocenters. The Hall–Kier alpha value is -3.73. The highest BCUT2D eigenvalue weighted by molar-refractivity contribution is 5.77. The predicted molar refractivity (Wildman–Crippen MR) is 181 cm³/mol. The number of benzene rings is 3. The summed E-state index contributed by atoms with van der Waals surface area (Å²) in [6, 6.07) is 21.7. The van der Waals surface area contributed by atoms with Crippen LogP contribution in [0.15, 0.2) is 78.9 Å². The molecule has 46 heavy (non-hydrogen) atoms. The van der Waals surface area contributed by atoms with Crippen molar-refractivity contribution < 1.29 is 23.5 Å². The summed E-state index contributed by atoms with van der Waals surface area (Å²) in [4.78, 5) is 23.5. The maximum Gasteiger partial charge on any atom is 0.312 e. The summed E-state index contributed by atoms with van der Waals surface area (Å²) in [7, 11) is 0. The van der Waals surface area contributed by atoms with E-state index < -0.39 is 0 Å². The summed E-state index contributed by atoms with van der Waals surface area (Å²) in [6.45, 7) is 15.3. The van der Waals surface area contributed by atoms with Crippen LogP contribution in [0.5, 0.6) is 5.75 Å². The van der Waals surface area contributed by atoms with E-state index in [1.807, 2.05) is 49.4 Å². The van der Waals surface area contributed by atoms with E-state index in [-0.39, 0.29) is 40.6 Å². The molecule has 5 heteroatoms. The molecule has 0 amide bonds. The second kappa shape index (κ2) is 13.6. The van der Waals surface area contributed by atoms with Gasteiger partial charge in [-0.15, -0.1) is 0 Å². The van der Waals surface area contributed by atoms with Crippen molar-refractivity contribution >= 4 is 11.9 Å². The molecule has 2 heterocycles. The maximum absolute atomic E-state index is 13.9. The van der Waals surface area contributed by atoms with Crippen LogP contribution in [0.4, 0.5) is 4.39 Å². The van der Waals surface area contributed by atoms with Crippen molar-refractivity contribution in [2.45, 2.75) is 98.5 Å². The van der Waals surface area contributed by atoms with Gasteiger partial charge in [0.1, 0.15) is 17.7 Å². The van der Waals surface area contributed by atoms with E-state index in [0.717, 1.165) is 24.8 Å². The summed E-state index contributed by atoms with van der Waals surface area (Å²) >= 11 is 0. The zero-order valence-electron chi connectivity index (χ0n) is 28.4. The van der Waals surface area contributed by atoms with Gasteiger partial charge in [-0.05, 0) is 96.6 Å². The van der Waals surface area contributed by atoms with Gasteiger partial charge in [0.2, 0.25) is 0 Å². The van der Waals surface area contributed by atoms with Gasteiger partial charge in [0.05, 0.1) is 6.42 Å². The van der Waals surface area contributed by atoms with Gasteiger partial charge >= 0.3 is 11.9 Å². The predicted octanol–water partition coefficient (Wildman–Crippen LogP) is 10.0. The normalized spacial score (nSPS) is 26.7. The fourth-order valence-corrected chi connectivity index (χ4v) is 8.16.